The van der Waals surface area contributed by atoms with Gasteiger partial charge in [0.2, 0.25) is 11.9 Å². The molecule has 4 heterocycles. The van der Waals surface area contributed by atoms with Crippen LogP contribution in [0.1, 0.15) is 12.8 Å². The average molecular weight is 368 g/mol. The van der Waals surface area contributed by atoms with E-state index in [2.05, 4.69) is 9.80 Å². The standard InChI is InChI=1S/C19H24N6O2/c20-14-3-1-13(2-4-14)17-21-18(24-7-9-26-10-8-24)23-19(22-17)25-15-5-6-16(25)12-27-11-15/h1-4,15-16H,5-12,20H2. The van der Waals surface area contributed by atoms with Crippen molar-refractivity contribution >= 4 is 17.6 Å². The number of anilines is 3. The van der Waals surface area contributed by atoms with Crippen molar-refractivity contribution in [2.45, 2.75) is 24.9 Å². The Hall–Kier alpha value is -2.45. The van der Waals surface area contributed by atoms with Crippen molar-refractivity contribution in [3.63, 3.8) is 0 Å². The molecule has 1 aromatic carbocycles. The second-order valence-corrected chi connectivity index (χ2v) is 7.31. The van der Waals surface area contributed by atoms with E-state index in [4.69, 9.17) is 30.2 Å². The quantitative estimate of drug-likeness (QED) is 0.812. The molecule has 0 aliphatic carbocycles. The summed E-state index contributed by atoms with van der Waals surface area (Å²) in [7, 11) is 0. The Bertz CT molecular complexity index is 792. The lowest BCUT2D eigenvalue weighted by Gasteiger charge is -2.35. The number of fused-ring (bicyclic) bond motifs is 2. The van der Waals surface area contributed by atoms with Crippen LogP contribution in [0.5, 0.6) is 0 Å². The van der Waals surface area contributed by atoms with Gasteiger partial charge < -0.3 is 25.0 Å². The van der Waals surface area contributed by atoms with E-state index in [-0.39, 0.29) is 0 Å². The summed E-state index contributed by atoms with van der Waals surface area (Å²) in [5.74, 6) is 2.17. The molecule has 5 rings (SSSR count). The molecular weight excluding hydrogens is 344 g/mol. The van der Waals surface area contributed by atoms with Crippen molar-refractivity contribution in [3.8, 4) is 11.4 Å². The summed E-state index contributed by atoms with van der Waals surface area (Å²) in [6, 6.07) is 8.39. The van der Waals surface area contributed by atoms with E-state index in [1.54, 1.807) is 0 Å². The van der Waals surface area contributed by atoms with Gasteiger partial charge in [0.1, 0.15) is 0 Å². The molecule has 8 nitrogen and oxygen atoms in total. The summed E-state index contributed by atoms with van der Waals surface area (Å²) in [6.45, 7) is 4.46. The number of benzene rings is 1. The zero-order valence-electron chi connectivity index (χ0n) is 15.3. The maximum atomic E-state index is 5.85. The monoisotopic (exact) mass is 368 g/mol. The third-order valence-electron chi connectivity index (χ3n) is 5.55. The van der Waals surface area contributed by atoms with Crippen LogP contribution < -0.4 is 15.5 Å². The first-order chi connectivity index (χ1) is 13.3. The lowest BCUT2D eigenvalue weighted by Crippen LogP contribution is -2.47. The van der Waals surface area contributed by atoms with E-state index >= 15 is 0 Å². The molecule has 8 heteroatoms. The molecule has 1 aromatic heterocycles. The first kappa shape index (κ1) is 16.7. The lowest BCUT2D eigenvalue weighted by molar-refractivity contribution is 0.0897. The molecule has 0 spiro atoms. The Morgan fingerprint density at radius 2 is 1.52 bits per heavy atom. The SMILES string of the molecule is Nc1ccc(-c2nc(N3CCOCC3)nc(N3C4CCC3COC4)n2)cc1. The third kappa shape index (κ3) is 3.19. The molecule has 0 amide bonds. The van der Waals surface area contributed by atoms with Gasteiger partial charge in [0.25, 0.3) is 0 Å². The Labute approximate surface area is 158 Å². The Morgan fingerprint density at radius 3 is 2.22 bits per heavy atom. The summed E-state index contributed by atoms with van der Waals surface area (Å²) >= 11 is 0. The molecule has 2 N–H and O–H groups in total. The first-order valence-electron chi connectivity index (χ1n) is 9.59. The molecule has 0 radical (unpaired) electrons. The van der Waals surface area contributed by atoms with Crippen molar-refractivity contribution in [3.05, 3.63) is 24.3 Å². The summed E-state index contributed by atoms with van der Waals surface area (Å²) in [5.41, 5.74) is 7.52. The van der Waals surface area contributed by atoms with Gasteiger partial charge in [-0.05, 0) is 37.1 Å². The van der Waals surface area contributed by atoms with Gasteiger partial charge in [0.15, 0.2) is 5.82 Å². The van der Waals surface area contributed by atoms with Crippen molar-refractivity contribution in [2.75, 3.05) is 55.1 Å². The largest absolute Gasteiger partial charge is 0.399 e. The highest BCUT2D eigenvalue weighted by molar-refractivity contribution is 5.61. The van der Waals surface area contributed by atoms with Crippen LogP contribution in [-0.2, 0) is 9.47 Å². The van der Waals surface area contributed by atoms with E-state index in [9.17, 15) is 0 Å². The minimum atomic E-state index is 0.350. The molecule has 3 aliphatic heterocycles. The Balaban J connectivity index is 1.57. The van der Waals surface area contributed by atoms with Crippen LogP contribution in [0, 0.1) is 0 Å². The first-order valence-corrected chi connectivity index (χ1v) is 9.59. The van der Waals surface area contributed by atoms with E-state index < -0.39 is 0 Å². The normalized spacial score (nSPS) is 25.0. The molecular formula is C19H24N6O2. The van der Waals surface area contributed by atoms with E-state index in [1.165, 1.54) is 0 Å². The molecule has 27 heavy (non-hydrogen) atoms. The van der Waals surface area contributed by atoms with Gasteiger partial charge in [-0.2, -0.15) is 15.0 Å². The van der Waals surface area contributed by atoms with Gasteiger partial charge in [-0.1, -0.05) is 0 Å². The van der Waals surface area contributed by atoms with Gasteiger partial charge in [0, 0.05) is 24.3 Å². The zero-order chi connectivity index (χ0) is 18.2. The number of morpholine rings is 2. The highest BCUT2D eigenvalue weighted by Gasteiger charge is 2.39. The molecule has 2 bridgehead atoms. The summed E-state index contributed by atoms with van der Waals surface area (Å²) < 4.78 is 11.2. The maximum Gasteiger partial charge on any atom is 0.231 e. The topological polar surface area (TPSA) is 89.6 Å². The summed E-state index contributed by atoms with van der Waals surface area (Å²) in [5, 5.41) is 0. The molecule has 0 saturated carbocycles. The van der Waals surface area contributed by atoms with Crippen molar-refractivity contribution < 1.29 is 9.47 Å². The highest BCUT2D eigenvalue weighted by atomic mass is 16.5. The van der Waals surface area contributed by atoms with Gasteiger partial charge >= 0.3 is 0 Å². The molecule has 2 unspecified atom stereocenters. The fourth-order valence-corrected chi connectivity index (χ4v) is 4.09. The average Bonchev–Trinajstić information content (AvgIpc) is 2.97. The minimum Gasteiger partial charge on any atom is -0.399 e. The van der Waals surface area contributed by atoms with Crippen molar-refractivity contribution in [1.29, 1.82) is 0 Å². The van der Waals surface area contributed by atoms with E-state index in [0.717, 1.165) is 62.3 Å². The van der Waals surface area contributed by atoms with Gasteiger partial charge in [-0.25, -0.2) is 0 Å². The van der Waals surface area contributed by atoms with Crippen LogP contribution in [0.4, 0.5) is 17.6 Å². The number of nitrogens with zero attached hydrogens (tertiary/aromatic N) is 5. The number of rotatable bonds is 3. The van der Waals surface area contributed by atoms with Crippen LogP contribution in [0.3, 0.4) is 0 Å². The number of hydrogen-bond acceptors (Lipinski definition) is 8. The Morgan fingerprint density at radius 1 is 0.852 bits per heavy atom. The summed E-state index contributed by atoms with van der Waals surface area (Å²) in [4.78, 5) is 19.0. The Kier molecular flexibility index (Phi) is 4.29. The van der Waals surface area contributed by atoms with Crippen LogP contribution in [0.2, 0.25) is 0 Å². The molecule has 2 atom stereocenters. The fourth-order valence-electron chi connectivity index (χ4n) is 4.09. The molecule has 2 aromatic rings. The number of nitrogens with two attached hydrogens (primary N) is 1. The second-order valence-electron chi connectivity index (χ2n) is 7.31. The second kappa shape index (κ2) is 6.94. The molecule has 3 saturated heterocycles. The number of nitrogen functional groups attached to an aromatic ring is 1. The van der Waals surface area contributed by atoms with Crippen LogP contribution in [0.15, 0.2) is 24.3 Å². The zero-order valence-corrected chi connectivity index (χ0v) is 15.3. The number of ether oxygens (including phenoxy) is 2. The van der Waals surface area contributed by atoms with Crippen molar-refractivity contribution in [2.24, 2.45) is 0 Å². The molecule has 142 valence electrons. The van der Waals surface area contributed by atoms with Crippen LogP contribution in [0.25, 0.3) is 11.4 Å². The molecule has 3 fully saturated rings. The predicted octanol–water partition coefficient (Wildman–Crippen LogP) is 1.32. The minimum absolute atomic E-state index is 0.350. The van der Waals surface area contributed by atoms with Gasteiger partial charge in [0.05, 0.1) is 38.5 Å². The van der Waals surface area contributed by atoms with Crippen molar-refractivity contribution in [1.82, 2.24) is 15.0 Å². The van der Waals surface area contributed by atoms with Crippen LogP contribution in [-0.4, -0.2) is 66.6 Å². The fraction of sp³-hybridized carbons (Fsp3) is 0.526. The lowest BCUT2D eigenvalue weighted by atomic mass is 10.2. The highest BCUT2D eigenvalue weighted by Crippen LogP contribution is 2.33. The van der Waals surface area contributed by atoms with E-state index in [1.807, 2.05) is 24.3 Å². The predicted molar refractivity (Wildman–Crippen MR) is 103 cm³/mol. The molecule has 3 aliphatic rings. The third-order valence-corrected chi connectivity index (χ3v) is 5.55. The van der Waals surface area contributed by atoms with Gasteiger partial charge in [-0.3, -0.25) is 0 Å². The van der Waals surface area contributed by atoms with Crippen LogP contribution >= 0.6 is 0 Å². The maximum absolute atomic E-state index is 5.85. The smallest absolute Gasteiger partial charge is 0.231 e. The number of hydrogen-bond donors (Lipinski definition) is 1. The number of aromatic nitrogens is 3. The van der Waals surface area contributed by atoms with Gasteiger partial charge in [-0.15, -0.1) is 0 Å². The summed E-state index contributed by atoms with van der Waals surface area (Å²) in [6.07, 6.45) is 2.25. The van der Waals surface area contributed by atoms with E-state index in [0.29, 0.717) is 31.1 Å².